The van der Waals surface area contributed by atoms with E-state index in [-0.39, 0.29) is 41.9 Å². The molecule has 2 aromatic rings. The molecule has 0 aliphatic carbocycles. The lowest BCUT2D eigenvalue weighted by atomic mass is 10.1. The third kappa shape index (κ3) is 10.6. The molecule has 0 atom stereocenters. The zero-order valence-electron chi connectivity index (χ0n) is 20.5. The highest BCUT2D eigenvalue weighted by Gasteiger charge is 2.32. The molecule has 0 saturated heterocycles. The summed E-state index contributed by atoms with van der Waals surface area (Å²) in [6.07, 6.45) is 0.000976. The first-order valence-electron chi connectivity index (χ1n) is 11.3. The normalized spacial score (nSPS) is 11.8. The van der Waals surface area contributed by atoms with E-state index >= 15 is 0 Å². The topological polar surface area (TPSA) is 121 Å². The van der Waals surface area contributed by atoms with Gasteiger partial charge >= 0.3 is 12.1 Å². The molecule has 0 spiro atoms. The third-order valence-corrected chi connectivity index (χ3v) is 6.28. The van der Waals surface area contributed by atoms with E-state index in [9.17, 15) is 31.2 Å². The summed E-state index contributed by atoms with van der Waals surface area (Å²) in [6, 6.07) is 4.94. The van der Waals surface area contributed by atoms with Gasteiger partial charge in [-0.25, -0.2) is 18.1 Å². The lowest BCUT2D eigenvalue weighted by Gasteiger charge is -2.13. The summed E-state index contributed by atoms with van der Waals surface area (Å²) in [6.45, 7) is 3.11. The van der Waals surface area contributed by atoms with E-state index < -0.39 is 38.7 Å². The SMILES string of the molecule is CCCCCS(=O)(=O)NC(=O)C=Cc1ccc(OCCOC(C)=O)cc1Oc1ncc(C(F)(F)F)cc1Cl. The Hall–Kier alpha value is -3.32. The van der Waals surface area contributed by atoms with Crippen molar-refractivity contribution in [1.82, 2.24) is 9.71 Å². The summed E-state index contributed by atoms with van der Waals surface area (Å²) in [5.74, 6) is -1.73. The van der Waals surface area contributed by atoms with Gasteiger partial charge in [-0.05, 0) is 30.7 Å². The molecule has 0 bridgehead atoms. The van der Waals surface area contributed by atoms with Gasteiger partial charge in [0.15, 0.2) is 0 Å². The van der Waals surface area contributed by atoms with Gasteiger partial charge in [-0.2, -0.15) is 13.2 Å². The number of hydrogen-bond donors (Lipinski definition) is 1. The minimum atomic E-state index is -4.66. The third-order valence-electron chi connectivity index (χ3n) is 4.67. The molecule has 1 heterocycles. The predicted molar refractivity (Wildman–Crippen MR) is 133 cm³/mol. The fourth-order valence-electron chi connectivity index (χ4n) is 2.88. The van der Waals surface area contributed by atoms with Crippen LogP contribution in [0.3, 0.4) is 0 Å². The van der Waals surface area contributed by atoms with Crippen molar-refractivity contribution < 1.29 is 45.4 Å². The first-order chi connectivity index (χ1) is 17.8. The smallest absolute Gasteiger partial charge is 0.417 e. The zero-order valence-corrected chi connectivity index (χ0v) is 22.1. The Morgan fingerprint density at radius 2 is 1.89 bits per heavy atom. The number of aromatic nitrogens is 1. The molecule has 208 valence electrons. The van der Waals surface area contributed by atoms with Crippen molar-refractivity contribution in [2.24, 2.45) is 0 Å². The van der Waals surface area contributed by atoms with Crippen LogP contribution in [0, 0.1) is 0 Å². The van der Waals surface area contributed by atoms with Crippen LogP contribution in [0.25, 0.3) is 6.08 Å². The number of sulfonamides is 1. The molecule has 1 aromatic heterocycles. The number of benzene rings is 1. The molecule has 0 aliphatic rings. The summed E-state index contributed by atoms with van der Waals surface area (Å²) in [4.78, 5) is 26.7. The van der Waals surface area contributed by atoms with Crippen LogP contribution in [-0.2, 0) is 30.5 Å². The second-order valence-electron chi connectivity index (χ2n) is 7.82. The second kappa shape index (κ2) is 14.0. The Labute approximate surface area is 223 Å². The number of carbonyl (C=O) groups is 2. The van der Waals surface area contributed by atoms with Gasteiger partial charge in [-0.15, -0.1) is 0 Å². The van der Waals surface area contributed by atoms with Gasteiger partial charge in [0.1, 0.15) is 29.7 Å². The molecular weight excluding hydrogens is 553 g/mol. The van der Waals surface area contributed by atoms with Crippen LogP contribution in [0.15, 0.2) is 36.5 Å². The van der Waals surface area contributed by atoms with Crippen LogP contribution in [-0.4, -0.2) is 44.2 Å². The highest BCUT2D eigenvalue weighted by Crippen LogP contribution is 2.36. The number of halogens is 4. The van der Waals surface area contributed by atoms with Crippen molar-refractivity contribution in [2.45, 2.75) is 39.3 Å². The summed E-state index contributed by atoms with van der Waals surface area (Å²) >= 11 is 5.95. The highest BCUT2D eigenvalue weighted by molar-refractivity contribution is 7.90. The maximum Gasteiger partial charge on any atom is 0.417 e. The van der Waals surface area contributed by atoms with E-state index in [4.69, 9.17) is 25.8 Å². The molecule has 0 saturated carbocycles. The minimum absolute atomic E-state index is 0.00815. The van der Waals surface area contributed by atoms with Gasteiger partial charge in [0, 0.05) is 30.8 Å². The van der Waals surface area contributed by atoms with E-state index in [1.807, 2.05) is 11.6 Å². The van der Waals surface area contributed by atoms with Gasteiger partial charge in [0.05, 0.1) is 11.3 Å². The van der Waals surface area contributed by atoms with E-state index in [0.717, 1.165) is 12.5 Å². The first-order valence-corrected chi connectivity index (χ1v) is 13.4. The van der Waals surface area contributed by atoms with Crippen LogP contribution in [0.1, 0.15) is 44.2 Å². The van der Waals surface area contributed by atoms with Crippen molar-refractivity contribution in [2.75, 3.05) is 19.0 Å². The summed E-state index contributed by atoms with van der Waals surface area (Å²) in [5.41, 5.74) is -0.844. The van der Waals surface area contributed by atoms with Crippen molar-refractivity contribution in [3.05, 3.63) is 52.7 Å². The predicted octanol–water partition coefficient (Wildman–Crippen LogP) is 5.14. The lowest BCUT2D eigenvalue weighted by molar-refractivity contribution is -0.141. The maximum atomic E-state index is 12.9. The highest BCUT2D eigenvalue weighted by atomic mass is 35.5. The molecule has 0 unspecified atom stereocenters. The number of alkyl halides is 3. The molecular formula is C24H26ClF3N2O7S. The van der Waals surface area contributed by atoms with Crippen molar-refractivity contribution in [3.63, 3.8) is 0 Å². The Balaban J connectivity index is 2.27. The monoisotopic (exact) mass is 578 g/mol. The molecule has 1 N–H and O–H groups in total. The number of esters is 1. The zero-order chi connectivity index (χ0) is 28.3. The number of carbonyl (C=O) groups excluding carboxylic acids is 2. The minimum Gasteiger partial charge on any atom is -0.490 e. The van der Waals surface area contributed by atoms with Crippen LogP contribution in [0.5, 0.6) is 17.4 Å². The summed E-state index contributed by atoms with van der Waals surface area (Å²) in [5, 5.41) is -0.424. The molecule has 2 rings (SSSR count). The van der Waals surface area contributed by atoms with Crippen LogP contribution < -0.4 is 14.2 Å². The number of hydrogen-bond acceptors (Lipinski definition) is 8. The molecule has 38 heavy (non-hydrogen) atoms. The van der Waals surface area contributed by atoms with Crippen molar-refractivity contribution >= 4 is 39.6 Å². The van der Waals surface area contributed by atoms with Gasteiger partial charge in [-0.3, -0.25) is 9.59 Å². The molecule has 9 nitrogen and oxygen atoms in total. The fraction of sp³-hybridized carbons (Fsp3) is 0.375. The van der Waals surface area contributed by atoms with Gasteiger partial charge in [0.25, 0.3) is 5.91 Å². The average molecular weight is 579 g/mol. The average Bonchev–Trinajstić information content (AvgIpc) is 2.81. The number of rotatable bonds is 13. The molecule has 0 aliphatic heterocycles. The molecule has 1 aromatic carbocycles. The summed E-state index contributed by atoms with van der Waals surface area (Å²) in [7, 11) is -3.82. The van der Waals surface area contributed by atoms with Crippen molar-refractivity contribution in [1.29, 1.82) is 0 Å². The largest absolute Gasteiger partial charge is 0.490 e. The molecule has 14 heteroatoms. The Morgan fingerprint density at radius 1 is 1.16 bits per heavy atom. The second-order valence-corrected chi connectivity index (χ2v) is 10.1. The summed E-state index contributed by atoms with van der Waals surface area (Å²) < 4.78 is 80.7. The van der Waals surface area contributed by atoms with E-state index in [2.05, 4.69) is 4.98 Å². The number of nitrogens with zero attached hydrogens (tertiary/aromatic N) is 1. The van der Waals surface area contributed by atoms with Gasteiger partial charge in [0.2, 0.25) is 15.9 Å². The van der Waals surface area contributed by atoms with E-state index in [1.54, 1.807) is 0 Å². The number of pyridine rings is 1. The Bertz CT molecular complexity index is 1270. The van der Waals surface area contributed by atoms with E-state index in [0.29, 0.717) is 25.1 Å². The maximum absolute atomic E-state index is 12.9. The number of ether oxygens (including phenoxy) is 3. The first kappa shape index (κ1) is 30.9. The van der Waals surface area contributed by atoms with Crippen LogP contribution in [0.2, 0.25) is 5.02 Å². The van der Waals surface area contributed by atoms with Gasteiger partial charge < -0.3 is 14.2 Å². The lowest BCUT2D eigenvalue weighted by Crippen LogP contribution is -2.31. The van der Waals surface area contributed by atoms with Crippen LogP contribution >= 0.6 is 11.6 Å². The fourth-order valence-corrected chi connectivity index (χ4v) is 4.15. The molecule has 0 fully saturated rings. The van der Waals surface area contributed by atoms with Gasteiger partial charge in [-0.1, -0.05) is 31.4 Å². The quantitative estimate of drug-likeness (QED) is 0.197. The molecule has 0 radical (unpaired) electrons. The van der Waals surface area contributed by atoms with E-state index in [1.165, 1.54) is 31.2 Å². The number of unbranched alkanes of at least 4 members (excludes halogenated alkanes) is 2. The number of amides is 1. The Morgan fingerprint density at radius 3 is 2.53 bits per heavy atom. The van der Waals surface area contributed by atoms with Crippen LogP contribution in [0.4, 0.5) is 13.2 Å². The Kier molecular flexibility index (Phi) is 11.4. The van der Waals surface area contributed by atoms with Crippen molar-refractivity contribution in [3.8, 4) is 17.4 Å². The number of nitrogens with one attached hydrogen (secondary N) is 1. The molecule has 1 amide bonds. The standard InChI is InChI=1S/C24H26ClF3N2O7S/c1-3-4-5-12-38(33,34)30-22(32)9-7-17-6-8-19(36-11-10-35-16(2)31)14-21(17)37-23-20(25)13-18(15-29-23)24(26,27)28/h6-9,13-15H,3-5,10-12H2,1-2H3,(H,30,32).